The monoisotopic (exact) mass is 323 g/mol. The third-order valence-electron chi connectivity index (χ3n) is 4.75. The quantitative estimate of drug-likeness (QED) is 0.835. The second-order valence-corrected chi connectivity index (χ2v) is 7.58. The van der Waals surface area contributed by atoms with E-state index >= 15 is 0 Å². The van der Waals surface area contributed by atoms with E-state index in [0.717, 1.165) is 6.42 Å². The summed E-state index contributed by atoms with van der Waals surface area (Å²) in [5.74, 6) is 2.07. The van der Waals surface area contributed by atoms with Crippen LogP contribution in [0.2, 0.25) is 0 Å². The summed E-state index contributed by atoms with van der Waals surface area (Å²) in [5, 5.41) is 16.7. The number of aromatic nitrogens is 4. The second kappa shape index (κ2) is 7.38. The van der Waals surface area contributed by atoms with Crippen molar-refractivity contribution in [1.82, 2.24) is 25.9 Å². The molecule has 1 fully saturated rings. The molecule has 130 valence electrons. The SMILES string of the molecule is CC1CCC(C(C)C)C(OCC(=O)NC(C)(C)c2nn[nH]n2)C1. The molecule has 0 saturated heterocycles. The zero-order valence-electron chi connectivity index (χ0n) is 14.8. The van der Waals surface area contributed by atoms with Gasteiger partial charge in [-0.15, -0.1) is 10.2 Å². The molecule has 1 heterocycles. The Morgan fingerprint density at radius 1 is 1.43 bits per heavy atom. The molecule has 1 aromatic heterocycles. The standard InChI is InChI=1S/C16H29N5O2/c1-10(2)12-7-6-11(3)8-13(12)23-9-14(22)17-16(4,5)15-18-20-21-19-15/h10-13H,6-9H2,1-5H3,(H,17,22)(H,18,19,20,21). The molecular formula is C16H29N5O2. The highest BCUT2D eigenvalue weighted by Crippen LogP contribution is 2.35. The predicted octanol–water partition coefficient (Wildman–Crippen LogP) is 2.03. The van der Waals surface area contributed by atoms with Crippen molar-refractivity contribution in [3.63, 3.8) is 0 Å². The number of rotatable bonds is 6. The second-order valence-electron chi connectivity index (χ2n) is 7.58. The van der Waals surface area contributed by atoms with Crippen LogP contribution >= 0.6 is 0 Å². The largest absolute Gasteiger partial charge is 0.368 e. The molecule has 7 nitrogen and oxygen atoms in total. The lowest BCUT2D eigenvalue weighted by molar-refractivity contribution is -0.133. The lowest BCUT2D eigenvalue weighted by Crippen LogP contribution is -2.45. The van der Waals surface area contributed by atoms with Crippen LogP contribution in [-0.2, 0) is 15.1 Å². The van der Waals surface area contributed by atoms with E-state index in [-0.39, 0.29) is 18.6 Å². The van der Waals surface area contributed by atoms with Crippen LogP contribution in [0, 0.1) is 17.8 Å². The first-order valence-corrected chi connectivity index (χ1v) is 8.46. The van der Waals surface area contributed by atoms with Crippen LogP contribution in [-0.4, -0.2) is 39.2 Å². The van der Waals surface area contributed by atoms with Gasteiger partial charge < -0.3 is 10.1 Å². The molecule has 0 spiro atoms. The van der Waals surface area contributed by atoms with Crippen molar-refractivity contribution in [1.29, 1.82) is 0 Å². The number of H-pyrrole nitrogens is 1. The molecule has 1 amide bonds. The van der Waals surface area contributed by atoms with Crippen LogP contribution in [0.3, 0.4) is 0 Å². The summed E-state index contributed by atoms with van der Waals surface area (Å²) in [6.45, 7) is 10.5. The van der Waals surface area contributed by atoms with Crippen LogP contribution in [0.15, 0.2) is 0 Å². The third kappa shape index (κ3) is 4.73. The molecule has 1 aromatic rings. The van der Waals surface area contributed by atoms with E-state index in [2.05, 4.69) is 46.7 Å². The number of hydrogen-bond acceptors (Lipinski definition) is 5. The summed E-state index contributed by atoms with van der Waals surface area (Å²) in [5.41, 5.74) is -0.676. The Morgan fingerprint density at radius 3 is 2.78 bits per heavy atom. The Kier molecular flexibility index (Phi) is 5.73. The Balaban J connectivity index is 1.87. The molecule has 2 rings (SSSR count). The van der Waals surface area contributed by atoms with E-state index in [9.17, 15) is 4.79 Å². The van der Waals surface area contributed by atoms with Gasteiger partial charge in [-0.2, -0.15) is 5.21 Å². The Morgan fingerprint density at radius 2 is 2.17 bits per heavy atom. The summed E-state index contributed by atoms with van der Waals surface area (Å²) < 4.78 is 5.98. The van der Waals surface area contributed by atoms with E-state index in [4.69, 9.17) is 4.74 Å². The maximum absolute atomic E-state index is 12.2. The highest BCUT2D eigenvalue weighted by Gasteiger charge is 2.33. The van der Waals surface area contributed by atoms with E-state index in [1.165, 1.54) is 12.8 Å². The van der Waals surface area contributed by atoms with Crippen LogP contribution in [0.25, 0.3) is 0 Å². The smallest absolute Gasteiger partial charge is 0.246 e. The number of carbonyl (C=O) groups excluding carboxylic acids is 1. The minimum absolute atomic E-state index is 0.0713. The van der Waals surface area contributed by atoms with Crippen LogP contribution in [0.5, 0.6) is 0 Å². The number of tetrazole rings is 1. The summed E-state index contributed by atoms with van der Waals surface area (Å²) in [4.78, 5) is 12.2. The van der Waals surface area contributed by atoms with Crippen molar-refractivity contribution in [2.45, 2.75) is 65.5 Å². The maximum Gasteiger partial charge on any atom is 0.246 e. The number of carbonyl (C=O) groups is 1. The van der Waals surface area contributed by atoms with Gasteiger partial charge in [0.15, 0.2) is 5.82 Å². The average molecular weight is 323 g/mol. The van der Waals surface area contributed by atoms with Crippen molar-refractivity contribution in [2.75, 3.05) is 6.61 Å². The molecule has 23 heavy (non-hydrogen) atoms. The van der Waals surface area contributed by atoms with E-state index < -0.39 is 5.54 Å². The van der Waals surface area contributed by atoms with E-state index in [1.54, 1.807) is 0 Å². The number of nitrogens with one attached hydrogen (secondary N) is 2. The van der Waals surface area contributed by atoms with Gasteiger partial charge in [-0.25, -0.2) is 0 Å². The fourth-order valence-corrected chi connectivity index (χ4v) is 3.36. The molecule has 0 aliphatic heterocycles. The first-order chi connectivity index (χ1) is 10.8. The topological polar surface area (TPSA) is 92.8 Å². The van der Waals surface area contributed by atoms with Crippen molar-refractivity contribution >= 4 is 5.91 Å². The first kappa shape index (κ1) is 17.8. The van der Waals surface area contributed by atoms with Gasteiger partial charge in [0.2, 0.25) is 5.91 Å². The summed E-state index contributed by atoms with van der Waals surface area (Å²) in [7, 11) is 0. The maximum atomic E-state index is 12.2. The van der Waals surface area contributed by atoms with Gasteiger partial charge in [0.25, 0.3) is 0 Å². The van der Waals surface area contributed by atoms with Gasteiger partial charge in [-0.1, -0.05) is 32.4 Å². The van der Waals surface area contributed by atoms with Crippen molar-refractivity contribution in [3.8, 4) is 0 Å². The summed E-state index contributed by atoms with van der Waals surface area (Å²) >= 11 is 0. The Hall–Kier alpha value is -1.50. The fraction of sp³-hybridized carbons (Fsp3) is 0.875. The van der Waals surface area contributed by atoms with Gasteiger partial charge >= 0.3 is 0 Å². The van der Waals surface area contributed by atoms with Crippen molar-refractivity contribution in [2.24, 2.45) is 17.8 Å². The Bertz CT molecular complexity index is 501. The van der Waals surface area contributed by atoms with Crippen molar-refractivity contribution < 1.29 is 9.53 Å². The molecule has 3 unspecified atom stereocenters. The van der Waals surface area contributed by atoms with Crippen LogP contribution < -0.4 is 5.32 Å². The number of nitrogens with zero attached hydrogens (tertiary/aromatic N) is 3. The number of amides is 1. The highest BCUT2D eigenvalue weighted by molar-refractivity contribution is 5.78. The van der Waals surface area contributed by atoms with Crippen LogP contribution in [0.4, 0.5) is 0 Å². The predicted molar refractivity (Wildman–Crippen MR) is 86.4 cm³/mol. The molecule has 3 atom stereocenters. The van der Waals surface area contributed by atoms with E-state index in [1.807, 2.05) is 13.8 Å². The van der Waals surface area contributed by atoms with Gasteiger partial charge in [0.05, 0.1) is 11.6 Å². The van der Waals surface area contributed by atoms with Gasteiger partial charge in [0.1, 0.15) is 6.61 Å². The molecule has 1 aliphatic carbocycles. The number of aromatic amines is 1. The Labute approximate surface area is 137 Å². The van der Waals surface area contributed by atoms with Crippen molar-refractivity contribution in [3.05, 3.63) is 5.82 Å². The average Bonchev–Trinajstić information content (AvgIpc) is 2.99. The minimum Gasteiger partial charge on any atom is -0.368 e. The minimum atomic E-state index is -0.676. The van der Waals surface area contributed by atoms with E-state index in [0.29, 0.717) is 23.6 Å². The van der Waals surface area contributed by atoms with Crippen LogP contribution in [0.1, 0.15) is 59.7 Å². The molecule has 1 aliphatic rings. The zero-order chi connectivity index (χ0) is 17.0. The number of ether oxygens (including phenoxy) is 1. The zero-order valence-corrected chi connectivity index (χ0v) is 14.8. The molecule has 0 bridgehead atoms. The highest BCUT2D eigenvalue weighted by atomic mass is 16.5. The third-order valence-corrected chi connectivity index (χ3v) is 4.75. The van der Waals surface area contributed by atoms with Gasteiger partial charge in [0, 0.05) is 0 Å². The molecule has 2 N–H and O–H groups in total. The lowest BCUT2D eigenvalue weighted by atomic mass is 9.75. The summed E-state index contributed by atoms with van der Waals surface area (Å²) in [6, 6.07) is 0. The molecule has 7 heteroatoms. The normalized spacial score (nSPS) is 25.6. The lowest BCUT2D eigenvalue weighted by Gasteiger charge is -2.37. The molecule has 1 saturated carbocycles. The number of hydrogen-bond donors (Lipinski definition) is 2. The van der Waals surface area contributed by atoms with Gasteiger partial charge in [-0.3, -0.25) is 4.79 Å². The fourth-order valence-electron chi connectivity index (χ4n) is 3.36. The summed E-state index contributed by atoms with van der Waals surface area (Å²) in [6.07, 6.45) is 3.63. The van der Waals surface area contributed by atoms with Gasteiger partial charge in [-0.05, 0) is 44.4 Å². The molecule has 0 aromatic carbocycles. The first-order valence-electron chi connectivity index (χ1n) is 8.46. The molecular weight excluding hydrogens is 294 g/mol. The molecule has 0 radical (unpaired) electrons.